The van der Waals surface area contributed by atoms with Crippen molar-refractivity contribution < 1.29 is 9.78 Å². The highest BCUT2D eigenvalue weighted by atomic mass is 17.2. The molecule has 0 amide bonds. The highest BCUT2D eigenvalue weighted by Gasteiger charge is 2.34. The molecule has 0 unspecified atom stereocenters. The molecule has 2 heteroatoms. The van der Waals surface area contributed by atoms with Crippen molar-refractivity contribution >= 4 is 0 Å². The van der Waals surface area contributed by atoms with Crippen LogP contribution in [0.1, 0.15) is 154 Å². The van der Waals surface area contributed by atoms with E-state index in [0.29, 0.717) is 23.7 Å². The summed E-state index contributed by atoms with van der Waals surface area (Å²) in [5.41, 5.74) is 7.65. The SMILES string of the molecule is CC(C)c1cccc(OOc2c(C(C)C)c(C(C)C)cc(C(C)(C)C)c2C(C)(C)C)c1C(C)C. The van der Waals surface area contributed by atoms with Crippen LogP contribution < -0.4 is 9.78 Å². The summed E-state index contributed by atoms with van der Waals surface area (Å²) in [5, 5.41) is 0. The lowest BCUT2D eigenvalue weighted by Crippen LogP contribution is -2.26. The third kappa shape index (κ3) is 5.99. The summed E-state index contributed by atoms with van der Waals surface area (Å²) < 4.78 is 0. The van der Waals surface area contributed by atoms with E-state index in [2.05, 4.69) is 115 Å². The van der Waals surface area contributed by atoms with Crippen molar-refractivity contribution in [2.75, 3.05) is 0 Å². The minimum atomic E-state index is -0.0961. The molecule has 0 aromatic heterocycles. The molecule has 2 aromatic rings. The van der Waals surface area contributed by atoms with E-state index >= 15 is 0 Å². The second-order valence-corrected chi connectivity index (χ2v) is 13.2. The zero-order chi connectivity index (χ0) is 26.2. The summed E-state index contributed by atoms with van der Waals surface area (Å²) in [5.74, 6) is 3.21. The van der Waals surface area contributed by atoms with Crippen molar-refractivity contribution in [3.05, 3.63) is 57.6 Å². The molecule has 0 spiro atoms. The van der Waals surface area contributed by atoms with Gasteiger partial charge in [0, 0.05) is 16.7 Å². The predicted molar refractivity (Wildman–Crippen MR) is 148 cm³/mol. The van der Waals surface area contributed by atoms with Crippen molar-refractivity contribution in [2.45, 2.75) is 131 Å². The van der Waals surface area contributed by atoms with Crippen LogP contribution in [-0.4, -0.2) is 0 Å². The first-order valence-electron chi connectivity index (χ1n) is 13.2. The maximum absolute atomic E-state index is 6.49. The summed E-state index contributed by atoms with van der Waals surface area (Å²) in [6.07, 6.45) is 0. The Kier molecular flexibility index (Phi) is 8.60. The minimum absolute atomic E-state index is 0.0134. The van der Waals surface area contributed by atoms with Gasteiger partial charge in [0.25, 0.3) is 0 Å². The van der Waals surface area contributed by atoms with Crippen LogP contribution in [0.2, 0.25) is 0 Å². The molecule has 0 saturated heterocycles. The van der Waals surface area contributed by atoms with Gasteiger partial charge in [0.05, 0.1) is 0 Å². The maximum atomic E-state index is 6.49. The summed E-state index contributed by atoms with van der Waals surface area (Å²) >= 11 is 0. The van der Waals surface area contributed by atoms with Gasteiger partial charge in [-0.25, -0.2) is 0 Å². The molecule has 0 saturated carbocycles. The Morgan fingerprint density at radius 3 is 1.53 bits per heavy atom. The summed E-state index contributed by atoms with van der Waals surface area (Å²) in [4.78, 5) is 12.8. The summed E-state index contributed by atoms with van der Waals surface area (Å²) in [6.45, 7) is 31.7. The monoisotopic (exact) mass is 466 g/mol. The van der Waals surface area contributed by atoms with Crippen molar-refractivity contribution in [1.29, 1.82) is 0 Å². The smallest absolute Gasteiger partial charge is 0.186 e. The van der Waals surface area contributed by atoms with E-state index in [4.69, 9.17) is 9.78 Å². The van der Waals surface area contributed by atoms with E-state index in [9.17, 15) is 0 Å². The molecule has 0 aliphatic heterocycles. The molecule has 0 fully saturated rings. The Morgan fingerprint density at radius 1 is 0.588 bits per heavy atom. The number of benzene rings is 2. The van der Waals surface area contributed by atoms with E-state index in [1.807, 2.05) is 6.07 Å². The van der Waals surface area contributed by atoms with Crippen LogP contribution in [-0.2, 0) is 10.8 Å². The van der Waals surface area contributed by atoms with Gasteiger partial charge in [-0.3, -0.25) is 9.78 Å². The Morgan fingerprint density at radius 2 is 1.12 bits per heavy atom. The van der Waals surface area contributed by atoms with Gasteiger partial charge >= 0.3 is 0 Å². The molecule has 0 atom stereocenters. The Hall–Kier alpha value is -1.96. The standard InChI is InChI=1S/C32H50O2/c1-19(2)23-16-15-17-26(27(23)21(5)6)33-34-30-28(22(7)8)24(20(3)4)18-25(31(9,10)11)29(30)32(12,13)14/h15-22H,1-14H3. The van der Waals surface area contributed by atoms with E-state index in [1.165, 1.54) is 33.4 Å². The van der Waals surface area contributed by atoms with E-state index in [-0.39, 0.29) is 10.8 Å². The average Bonchev–Trinajstić information content (AvgIpc) is 2.68. The van der Waals surface area contributed by atoms with Gasteiger partial charge in [0.15, 0.2) is 11.5 Å². The first-order chi connectivity index (χ1) is 15.5. The fraction of sp³-hybridized carbons (Fsp3) is 0.625. The maximum Gasteiger partial charge on any atom is 0.186 e. The normalized spacial score (nSPS) is 12.9. The van der Waals surface area contributed by atoms with Gasteiger partial charge in [0.2, 0.25) is 0 Å². The molecule has 0 aliphatic rings. The van der Waals surface area contributed by atoms with Gasteiger partial charge in [-0.1, -0.05) is 115 Å². The van der Waals surface area contributed by atoms with E-state index < -0.39 is 0 Å². The Balaban J connectivity index is 2.83. The van der Waals surface area contributed by atoms with Crippen LogP contribution in [0.4, 0.5) is 0 Å². The average molecular weight is 467 g/mol. The molecule has 0 bridgehead atoms. The summed E-state index contributed by atoms with van der Waals surface area (Å²) in [6, 6.07) is 8.78. The Bertz CT molecular complexity index is 980. The minimum Gasteiger partial charge on any atom is -0.290 e. The van der Waals surface area contributed by atoms with Crippen LogP contribution in [0.15, 0.2) is 24.3 Å². The van der Waals surface area contributed by atoms with Crippen molar-refractivity contribution in [3.63, 3.8) is 0 Å². The molecular weight excluding hydrogens is 416 g/mol. The van der Waals surface area contributed by atoms with Gasteiger partial charge in [0.1, 0.15) is 0 Å². The first-order valence-corrected chi connectivity index (χ1v) is 13.2. The van der Waals surface area contributed by atoms with Crippen LogP contribution in [0.25, 0.3) is 0 Å². The van der Waals surface area contributed by atoms with Gasteiger partial charge in [-0.15, -0.1) is 0 Å². The van der Waals surface area contributed by atoms with Crippen LogP contribution >= 0.6 is 0 Å². The lowest BCUT2D eigenvalue weighted by Gasteiger charge is -2.35. The molecule has 0 heterocycles. The molecule has 2 nitrogen and oxygen atoms in total. The molecule has 190 valence electrons. The van der Waals surface area contributed by atoms with Crippen LogP contribution in [0.3, 0.4) is 0 Å². The number of rotatable bonds is 7. The number of hydrogen-bond donors (Lipinski definition) is 0. The lowest BCUT2D eigenvalue weighted by molar-refractivity contribution is -0.103. The fourth-order valence-electron chi connectivity index (χ4n) is 5.03. The second kappa shape index (κ2) is 10.3. The third-order valence-corrected chi connectivity index (χ3v) is 6.62. The molecule has 0 aliphatic carbocycles. The third-order valence-electron chi connectivity index (χ3n) is 6.62. The van der Waals surface area contributed by atoms with Crippen molar-refractivity contribution in [2.24, 2.45) is 0 Å². The zero-order valence-electron chi connectivity index (χ0n) is 24.4. The van der Waals surface area contributed by atoms with E-state index in [0.717, 1.165) is 11.5 Å². The van der Waals surface area contributed by atoms with Crippen molar-refractivity contribution in [1.82, 2.24) is 0 Å². The van der Waals surface area contributed by atoms with Crippen LogP contribution in [0.5, 0.6) is 11.5 Å². The van der Waals surface area contributed by atoms with Gasteiger partial charge in [-0.05, 0) is 57.3 Å². The lowest BCUT2D eigenvalue weighted by atomic mass is 9.71. The predicted octanol–water partition coefficient (Wildman–Crippen LogP) is 10.1. The molecule has 2 aromatic carbocycles. The van der Waals surface area contributed by atoms with E-state index in [1.54, 1.807) is 0 Å². The largest absolute Gasteiger partial charge is 0.290 e. The van der Waals surface area contributed by atoms with Gasteiger partial charge in [-0.2, -0.15) is 0 Å². The molecular formula is C32H50O2. The van der Waals surface area contributed by atoms with Crippen LogP contribution in [0, 0.1) is 0 Å². The number of hydrogen-bond acceptors (Lipinski definition) is 2. The second-order valence-electron chi connectivity index (χ2n) is 13.2. The van der Waals surface area contributed by atoms with Crippen molar-refractivity contribution in [3.8, 4) is 11.5 Å². The highest BCUT2D eigenvalue weighted by Crippen LogP contribution is 2.47. The highest BCUT2D eigenvalue weighted by molar-refractivity contribution is 5.57. The summed E-state index contributed by atoms with van der Waals surface area (Å²) in [7, 11) is 0. The quantitative estimate of drug-likeness (QED) is 0.298. The molecule has 0 N–H and O–H groups in total. The zero-order valence-corrected chi connectivity index (χ0v) is 24.4. The first kappa shape index (κ1) is 28.3. The molecule has 34 heavy (non-hydrogen) atoms. The fourth-order valence-corrected chi connectivity index (χ4v) is 5.03. The van der Waals surface area contributed by atoms with Gasteiger partial charge < -0.3 is 0 Å². The Labute approximate surface area is 210 Å². The topological polar surface area (TPSA) is 18.5 Å². The molecule has 2 rings (SSSR count). The molecule has 0 radical (unpaired) electrons.